The van der Waals surface area contributed by atoms with Gasteiger partial charge < -0.3 is 0 Å². The monoisotopic (exact) mass is 255 g/mol. The van der Waals surface area contributed by atoms with Crippen molar-refractivity contribution >= 4 is 32.4 Å². The van der Waals surface area contributed by atoms with E-state index in [0.717, 1.165) is 0 Å². The van der Waals surface area contributed by atoms with Crippen LogP contribution < -0.4 is 9.47 Å². The van der Waals surface area contributed by atoms with E-state index in [0.29, 0.717) is 0 Å². The van der Waals surface area contributed by atoms with Gasteiger partial charge in [0.15, 0.2) is 0 Å². The molecule has 0 aliphatic rings. The summed E-state index contributed by atoms with van der Waals surface area (Å²) in [7, 11) is 4.23. The van der Waals surface area contributed by atoms with Crippen LogP contribution in [-0.4, -0.2) is 7.05 Å². The molecule has 90 valence electrons. The van der Waals surface area contributed by atoms with Crippen molar-refractivity contribution in [1.29, 1.82) is 0 Å². The van der Waals surface area contributed by atoms with Crippen LogP contribution in [0.5, 0.6) is 0 Å². The Labute approximate surface area is 111 Å². The lowest BCUT2D eigenvalue weighted by Crippen LogP contribution is -2.32. The fourth-order valence-electron chi connectivity index (χ4n) is 2.15. The smallest absolute Gasteiger partial charge is 0.221 e. The molecule has 0 spiro atoms. The topological polar surface area (TPSA) is 7.12 Å². The number of hydrogen-bond donors (Lipinski definition) is 0. The van der Waals surface area contributed by atoms with Crippen molar-refractivity contribution in [3.05, 3.63) is 54.6 Å². The molecule has 0 saturated heterocycles. The number of aryl methyl sites for hydroxylation is 1. The summed E-state index contributed by atoms with van der Waals surface area (Å²) in [6.07, 6.45) is 0. The van der Waals surface area contributed by atoms with Gasteiger partial charge in [-0.05, 0) is 35.6 Å². The van der Waals surface area contributed by atoms with Crippen molar-refractivity contribution < 1.29 is 4.57 Å². The third-order valence-electron chi connectivity index (χ3n) is 3.15. The summed E-state index contributed by atoms with van der Waals surface area (Å²) in [5.74, 6) is 0. The summed E-state index contributed by atoms with van der Waals surface area (Å²) in [5.41, 5.74) is 2.49. The minimum Gasteiger partial charge on any atom is -0.221 e. The highest BCUT2D eigenvalue weighted by molar-refractivity contribution is 7.21. The Bertz CT molecular complexity index is 673. The van der Waals surface area contributed by atoms with E-state index in [2.05, 4.69) is 72.1 Å². The third kappa shape index (κ3) is 1.77. The molecule has 0 aliphatic heterocycles. The second kappa shape index (κ2) is 4.42. The second-order valence-corrected chi connectivity index (χ2v) is 5.32. The molecule has 0 N–H and O–H groups in total. The van der Waals surface area contributed by atoms with Gasteiger partial charge in [0.2, 0.25) is 0 Å². The van der Waals surface area contributed by atoms with Crippen LogP contribution in [0.2, 0.25) is 0 Å². The van der Waals surface area contributed by atoms with Crippen LogP contribution in [0.25, 0.3) is 10.2 Å². The van der Waals surface area contributed by atoms with Gasteiger partial charge in [0.1, 0.15) is 11.2 Å². The molecule has 1 aromatic heterocycles. The fraction of sp³-hybridized carbons (Fsp3) is 0.133. The lowest BCUT2D eigenvalue weighted by Gasteiger charge is -2.09. The summed E-state index contributed by atoms with van der Waals surface area (Å²) < 4.78 is 3.56. The standard InChI is InChI=1S/C15H15N2S/c1-16(12-8-4-3-5-9-12)15-17(2)13-10-6-7-11-14(13)18-15/h3-11H,1-2H3/q+1. The molecule has 0 saturated carbocycles. The number of para-hydroxylation sites is 2. The van der Waals surface area contributed by atoms with E-state index in [9.17, 15) is 0 Å². The summed E-state index contributed by atoms with van der Waals surface area (Å²) in [6.45, 7) is 0. The summed E-state index contributed by atoms with van der Waals surface area (Å²) in [6, 6.07) is 18.9. The quantitative estimate of drug-likeness (QED) is 0.636. The Hall–Kier alpha value is -1.87. The van der Waals surface area contributed by atoms with Crippen LogP contribution in [-0.2, 0) is 7.05 Å². The van der Waals surface area contributed by atoms with Gasteiger partial charge >= 0.3 is 5.13 Å². The van der Waals surface area contributed by atoms with Crippen molar-refractivity contribution in [2.75, 3.05) is 11.9 Å². The molecule has 2 aromatic carbocycles. The summed E-state index contributed by atoms with van der Waals surface area (Å²) in [5, 5.41) is 1.24. The van der Waals surface area contributed by atoms with Crippen molar-refractivity contribution in [3.63, 3.8) is 0 Å². The number of aromatic nitrogens is 1. The number of benzene rings is 2. The molecule has 1 heterocycles. The van der Waals surface area contributed by atoms with Gasteiger partial charge in [-0.1, -0.05) is 30.3 Å². The lowest BCUT2D eigenvalue weighted by atomic mass is 10.3. The van der Waals surface area contributed by atoms with Crippen LogP contribution in [0, 0.1) is 0 Å². The molecule has 3 aromatic rings. The molecular weight excluding hydrogens is 240 g/mol. The first kappa shape index (κ1) is 11.2. The second-order valence-electron chi connectivity index (χ2n) is 4.31. The molecule has 0 bridgehead atoms. The summed E-state index contributed by atoms with van der Waals surface area (Å²) in [4.78, 5) is 2.23. The predicted molar refractivity (Wildman–Crippen MR) is 77.5 cm³/mol. The highest BCUT2D eigenvalue weighted by Crippen LogP contribution is 2.29. The molecule has 3 rings (SSSR count). The predicted octanol–water partition coefficient (Wildman–Crippen LogP) is 3.49. The maximum atomic E-state index is 2.24. The average molecular weight is 255 g/mol. The van der Waals surface area contributed by atoms with E-state index < -0.39 is 0 Å². The minimum atomic E-state index is 1.21. The first-order valence-corrected chi connectivity index (χ1v) is 6.75. The summed E-state index contributed by atoms with van der Waals surface area (Å²) >= 11 is 1.82. The van der Waals surface area contributed by atoms with Crippen LogP contribution in [0.4, 0.5) is 10.8 Å². The molecule has 0 aliphatic carbocycles. The van der Waals surface area contributed by atoms with E-state index in [-0.39, 0.29) is 0 Å². The zero-order valence-corrected chi connectivity index (χ0v) is 11.3. The molecule has 3 heteroatoms. The maximum absolute atomic E-state index is 2.24. The Kier molecular flexibility index (Phi) is 2.76. The Balaban J connectivity index is 2.12. The first-order chi connectivity index (χ1) is 8.77. The number of thiazole rings is 1. The van der Waals surface area contributed by atoms with E-state index in [1.807, 2.05) is 17.4 Å². The molecular formula is C15H15N2S+. The highest BCUT2D eigenvalue weighted by Gasteiger charge is 2.20. The molecule has 0 unspecified atom stereocenters. The first-order valence-electron chi connectivity index (χ1n) is 5.94. The van der Waals surface area contributed by atoms with Crippen LogP contribution in [0.15, 0.2) is 54.6 Å². The number of anilines is 2. The maximum Gasteiger partial charge on any atom is 0.341 e. The average Bonchev–Trinajstić information content (AvgIpc) is 2.77. The molecule has 18 heavy (non-hydrogen) atoms. The van der Waals surface area contributed by atoms with Crippen molar-refractivity contribution in [3.8, 4) is 0 Å². The van der Waals surface area contributed by atoms with Crippen molar-refractivity contribution in [2.45, 2.75) is 0 Å². The number of fused-ring (bicyclic) bond motifs is 1. The zero-order valence-electron chi connectivity index (χ0n) is 10.5. The van der Waals surface area contributed by atoms with Crippen molar-refractivity contribution in [2.24, 2.45) is 7.05 Å². The van der Waals surface area contributed by atoms with Crippen molar-refractivity contribution in [1.82, 2.24) is 0 Å². The number of hydrogen-bond acceptors (Lipinski definition) is 2. The van der Waals surface area contributed by atoms with E-state index in [4.69, 9.17) is 0 Å². The molecule has 2 nitrogen and oxygen atoms in total. The highest BCUT2D eigenvalue weighted by atomic mass is 32.1. The van der Waals surface area contributed by atoms with Crippen LogP contribution >= 0.6 is 11.3 Å². The fourth-order valence-corrected chi connectivity index (χ4v) is 3.28. The minimum absolute atomic E-state index is 1.21. The van der Waals surface area contributed by atoms with Crippen LogP contribution in [0.3, 0.4) is 0 Å². The Morgan fingerprint density at radius 2 is 1.61 bits per heavy atom. The molecule has 0 atom stereocenters. The van der Waals surface area contributed by atoms with Gasteiger partial charge in [0, 0.05) is 0 Å². The zero-order chi connectivity index (χ0) is 12.5. The van der Waals surface area contributed by atoms with E-state index >= 15 is 0 Å². The van der Waals surface area contributed by atoms with Gasteiger partial charge in [-0.2, -0.15) is 0 Å². The third-order valence-corrected chi connectivity index (χ3v) is 4.44. The Morgan fingerprint density at radius 3 is 2.33 bits per heavy atom. The van der Waals surface area contributed by atoms with Crippen LogP contribution in [0.1, 0.15) is 0 Å². The van der Waals surface area contributed by atoms with E-state index in [1.54, 1.807) is 0 Å². The van der Waals surface area contributed by atoms with Gasteiger partial charge in [-0.25, -0.2) is 9.47 Å². The lowest BCUT2D eigenvalue weighted by molar-refractivity contribution is -0.627. The van der Waals surface area contributed by atoms with Gasteiger partial charge in [-0.15, -0.1) is 0 Å². The molecule has 0 amide bonds. The molecule has 0 radical (unpaired) electrons. The normalized spacial score (nSPS) is 10.8. The molecule has 0 fully saturated rings. The van der Waals surface area contributed by atoms with Gasteiger partial charge in [0.25, 0.3) is 0 Å². The number of nitrogens with zero attached hydrogens (tertiary/aromatic N) is 2. The van der Waals surface area contributed by atoms with Gasteiger partial charge in [-0.3, -0.25) is 0 Å². The largest absolute Gasteiger partial charge is 0.341 e. The Morgan fingerprint density at radius 1 is 0.944 bits per heavy atom. The SMILES string of the molecule is CN(c1ccccc1)c1sc2ccccc2[n+]1C. The van der Waals surface area contributed by atoms with Gasteiger partial charge in [0.05, 0.1) is 18.8 Å². The number of rotatable bonds is 2. The van der Waals surface area contributed by atoms with E-state index in [1.165, 1.54) is 21.0 Å².